The average molecular weight is 364 g/mol. The molecule has 7 nitrogen and oxygen atoms in total. The maximum atomic E-state index is 12.1. The van der Waals surface area contributed by atoms with Crippen LogP contribution in [0.3, 0.4) is 0 Å². The third kappa shape index (κ3) is 2.62. The van der Waals surface area contributed by atoms with Crippen molar-refractivity contribution < 1.29 is 34.4 Å². The molecule has 0 amide bonds. The molecule has 1 heterocycles. The Balaban J connectivity index is 2.01. The second kappa shape index (κ2) is 6.33. The summed E-state index contributed by atoms with van der Waals surface area (Å²) in [4.78, 5) is 24.1. The number of aliphatic hydroxyl groups is 3. The Labute approximate surface area is 151 Å². The van der Waals surface area contributed by atoms with Gasteiger partial charge in [-0.15, -0.1) is 0 Å². The van der Waals surface area contributed by atoms with Gasteiger partial charge < -0.3 is 24.8 Å². The molecular weight excluding hydrogens is 340 g/mol. The van der Waals surface area contributed by atoms with E-state index in [0.717, 1.165) is 5.57 Å². The summed E-state index contributed by atoms with van der Waals surface area (Å²) >= 11 is 0. The molecule has 0 radical (unpaired) electrons. The Morgan fingerprint density at radius 1 is 1.46 bits per heavy atom. The number of ether oxygens (including phenoxy) is 2. The maximum absolute atomic E-state index is 12.1. The molecule has 2 fully saturated rings. The number of rotatable bonds is 3. The van der Waals surface area contributed by atoms with Crippen molar-refractivity contribution in [3.63, 3.8) is 0 Å². The van der Waals surface area contributed by atoms with E-state index in [1.807, 2.05) is 6.92 Å². The first-order valence-corrected chi connectivity index (χ1v) is 8.55. The fourth-order valence-electron chi connectivity index (χ4n) is 4.80. The summed E-state index contributed by atoms with van der Waals surface area (Å²) < 4.78 is 11.0. The van der Waals surface area contributed by atoms with Gasteiger partial charge in [0.1, 0.15) is 18.3 Å². The summed E-state index contributed by atoms with van der Waals surface area (Å²) in [6.07, 6.45) is -1.84. The van der Waals surface area contributed by atoms with Crippen molar-refractivity contribution in [2.45, 2.75) is 44.7 Å². The first-order chi connectivity index (χ1) is 12.1. The van der Waals surface area contributed by atoms with Gasteiger partial charge in [-0.2, -0.15) is 0 Å². The van der Waals surface area contributed by atoms with Gasteiger partial charge in [-0.1, -0.05) is 31.7 Å². The van der Waals surface area contributed by atoms with E-state index < -0.39 is 54.3 Å². The minimum absolute atomic E-state index is 0.126. The van der Waals surface area contributed by atoms with Crippen LogP contribution in [0.5, 0.6) is 0 Å². The van der Waals surface area contributed by atoms with E-state index in [0.29, 0.717) is 0 Å². The van der Waals surface area contributed by atoms with Crippen molar-refractivity contribution in [2.75, 3.05) is 6.61 Å². The molecule has 26 heavy (non-hydrogen) atoms. The van der Waals surface area contributed by atoms with Crippen molar-refractivity contribution in [2.24, 2.45) is 17.3 Å². The lowest BCUT2D eigenvalue weighted by Gasteiger charge is -2.54. The number of hydrogen-bond donors (Lipinski definition) is 3. The highest BCUT2D eigenvalue weighted by Crippen LogP contribution is 2.57. The smallest absolute Gasteiger partial charge is 0.336 e. The van der Waals surface area contributed by atoms with Crippen LogP contribution >= 0.6 is 0 Å². The van der Waals surface area contributed by atoms with Gasteiger partial charge >= 0.3 is 11.9 Å². The predicted molar refractivity (Wildman–Crippen MR) is 90.6 cm³/mol. The summed E-state index contributed by atoms with van der Waals surface area (Å²) in [5.74, 6) is -2.22. The molecular formula is C19H24O7. The highest BCUT2D eigenvalue weighted by Gasteiger charge is 2.63. The first kappa shape index (κ1) is 18.8. The van der Waals surface area contributed by atoms with Crippen LogP contribution in [0.15, 0.2) is 36.0 Å². The molecule has 0 aromatic carbocycles. The number of fused-ring (bicyclic) bond motifs is 3. The van der Waals surface area contributed by atoms with Crippen LogP contribution in [0.2, 0.25) is 0 Å². The fraction of sp³-hybridized carbons (Fsp3) is 0.579. The van der Waals surface area contributed by atoms with Gasteiger partial charge in [-0.05, 0) is 13.3 Å². The third-order valence-electron chi connectivity index (χ3n) is 5.96. The zero-order chi connectivity index (χ0) is 19.4. The van der Waals surface area contributed by atoms with Crippen LogP contribution in [0.25, 0.3) is 0 Å². The van der Waals surface area contributed by atoms with Crippen LogP contribution < -0.4 is 0 Å². The molecule has 0 spiro atoms. The second-order valence-electron chi connectivity index (χ2n) is 7.66. The quantitative estimate of drug-likeness (QED) is 0.374. The second-order valence-corrected chi connectivity index (χ2v) is 7.66. The molecule has 0 bridgehead atoms. The topological polar surface area (TPSA) is 113 Å². The van der Waals surface area contributed by atoms with Crippen molar-refractivity contribution in [1.29, 1.82) is 0 Å². The molecule has 1 aliphatic heterocycles. The van der Waals surface area contributed by atoms with Crippen molar-refractivity contribution in [3.8, 4) is 0 Å². The third-order valence-corrected chi connectivity index (χ3v) is 5.96. The number of carbonyl (C=O) groups is 2. The van der Waals surface area contributed by atoms with Crippen molar-refractivity contribution in [1.82, 2.24) is 0 Å². The Kier molecular flexibility index (Phi) is 4.58. The largest absolute Gasteiger partial charge is 0.458 e. The Hall–Kier alpha value is -1.96. The highest BCUT2D eigenvalue weighted by atomic mass is 16.6. The van der Waals surface area contributed by atoms with Crippen LogP contribution in [0.1, 0.15) is 20.3 Å². The molecule has 7 atom stereocenters. The van der Waals surface area contributed by atoms with Gasteiger partial charge in [0.25, 0.3) is 0 Å². The van der Waals surface area contributed by atoms with E-state index in [4.69, 9.17) is 14.6 Å². The SMILES string of the molecule is C=C(CO)C(=O)OC1C(O)C=C(C)C2C3OC(=O)C(=C)C3C(O)CC12C. The van der Waals surface area contributed by atoms with Gasteiger partial charge in [0.15, 0.2) is 0 Å². The Bertz CT molecular complexity index is 709. The maximum Gasteiger partial charge on any atom is 0.336 e. The molecule has 3 N–H and O–H groups in total. The number of esters is 2. The lowest BCUT2D eigenvalue weighted by Crippen LogP contribution is -2.61. The number of aliphatic hydroxyl groups excluding tert-OH is 3. The lowest BCUT2D eigenvalue weighted by atomic mass is 9.54. The highest BCUT2D eigenvalue weighted by molar-refractivity contribution is 5.91. The standard InChI is InChI=1S/C19H24O7/c1-8-5-11(21)16(26-17(23)9(2)7-20)19(4)6-12(22)13-10(3)18(24)25-15(13)14(8)19/h5,11-16,20-22H,2-3,6-7H2,1,4H3. The molecule has 0 aromatic heterocycles. The number of hydrogen-bond acceptors (Lipinski definition) is 7. The lowest BCUT2D eigenvalue weighted by molar-refractivity contribution is -0.188. The van der Waals surface area contributed by atoms with Gasteiger partial charge in [-0.25, -0.2) is 9.59 Å². The Morgan fingerprint density at radius 2 is 2.12 bits per heavy atom. The minimum Gasteiger partial charge on any atom is -0.458 e. The van der Waals surface area contributed by atoms with Crippen LogP contribution in [-0.2, 0) is 19.1 Å². The molecule has 3 rings (SSSR count). The predicted octanol–water partition coefficient (Wildman–Crippen LogP) is 0.252. The van der Waals surface area contributed by atoms with Crippen LogP contribution in [0.4, 0.5) is 0 Å². The van der Waals surface area contributed by atoms with Crippen LogP contribution in [-0.4, -0.2) is 58.3 Å². The summed E-state index contributed by atoms with van der Waals surface area (Å²) in [5, 5.41) is 30.3. The van der Waals surface area contributed by atoms with E-state index in [-0.39, 0.29) is 23.5 Å². The summed E-state index contributed by atoms with van der Waals surface area (Å²) in [7, 11) is 0. The van der Waals surface area contributed by atoms with E-state index >= 15 is 0 Å². The van der Waals surface area contributed by atoms with E-state index in [1.54, 1.807) is 13.0 Å². The van der Waals surface area contributed by atoms with E-state index in [9.17, 15) is 19.8 Å². The summed E-state index contributed by atoms with van der Waals surface area (Å²) in [5.41, 5.74) is 0.0525. The van der Waals surface area contributed by atoms with Gasteiger partial charge in [0.05, 0.1) is 24.2 Å². The zero-order valence-corrected chi connectivity index (χ0v) is 14.8. The molecule has 2 aliphatic carbocycles. The zero-order valence-electron chi connectivity index (χ0n) is 14.8. The molecule has 3 aliphatic rings. The Morgan fingerprint density at radius 3 is 2.73 bits per heavy atom. The average Bonchev–Trinajstić information content (AvgIpc) is 2.85. The fourth-order valence-corrected chi connectivity index (χ4v) is 4.80. The van der Waals surface area contributed by atoms with Crippen molar-refractivity contribution >= 4 is 11.9 Å². The van der Waals surface area contributed by atoms with Gasteiger partial charge in [-0.3, -0.25) is 0 Å². The molecule has 0 aromatic rings. The van der Waals surface area contributed by atoms with E-state index in [1.165, 1.54) is 0 Å². The molecule has 7 unspecified atom stereocenters. The summed E-state index contributed by atoms with van der Waals surface area (Å²) in [6, 6.07) is 0. The molecule has 1 saturated carbocycles. The summed E-state index contributed by atoms with van der Waals surface area (Å²) in [6.45, 7) is 10.2. The normalized spacial score (nSPS) is 41.7. The van der Waals surface area contributed by atoms with Crippen LogP contribution in [0, 0.1) is 17.3 Å². The van der Waals surface area contributed by atoms with Gasteiger partial charge in [0, 0.05) is 16.9 Å². The molecule has 7 heteroatoms. The molecule has 142 valence electrons. The first-order valence-electron chi connectivity index (χ1n) is 8.55. The number of carbonyl (C=O) groups excluding carboxylic acids is 2. The monoisotopic (exact) mass is 364 g/mol. The van der Waals surface area contributed by atoms with Crippen molar-refractivity contribution in [3.05, 3.63) is 36.0 Å². The van der Waals surface area contributed by atoms with Gasteiger partial charge in [0.2, 0.25) is 0 Å². The van der Waals surface area contributed by atoms with E-state index in [2.05, 4.69) is 13.2 Å². The minimum atomic E-state index is -1.09. The molecule has 1 saturated heterocycles.